The number of hydrogen-bond donors (Lipinski definition) is 0. The van der Waals surface area contributed by atoms with Crippen molar-refractivity contribution in [1.82, 2.24) is 4.90 Å². The first-order valence-corrected chi connectivity index (χ1v) is 8.46. The summed E-state index contributed by atoms with van der Waals surface area (Å²) in [5.41, 5.74) is 0.299. The zero-order valence-corrected chi connectivity index (χ0v) is 13.8. The number of thioether (sulfide) groups is 1. The first-order chi connectivity index (χ1) is 11.6. The third kappa shape index (κ3) is 3.31. The first kappa shape index (κ1) is 16.6. The van der Waals surface area contributed by atoms with Crippen molar-refractivity contribution in [1.29, 1.82) is 0 Å². The molecule has 1 amide bonds. The molecule has 1 aromatic carbocycles. The minimum absolute atomic E-state index is 0.163. The van der Waals surface area contributed by atoms with Crippen LogP contribution in [0.4, 0.5) is 4.39 Å². The fraction of sp³-hybridized carbons (Fsp3) is 0.294. The van der Waals surface area contributed by atoms with E-state index in [9.17, 15) is 14.0 Å². The Labute approximate surface area is 142 Å². The Bertz CT molecular complexity index is 734. The summed E-state index contributed by atoms with van der Waals surface area (Å²) in [4.78, 5) is 25.8. The monoisotopic (exact) mass is 349 g/mol. The lowest BCUT2D eigenvalue weighted by atomic mass is 10.2. The lowest BCUT2D eigenvalue weighted by Gasteiger charge is -2.25. The smallest absolute Gasteiger partial charge is 0.330 e. The van der Waals surface area contributed by atoms with E-state index in [-0.39, 0.29) is 17.9 Å². The number of ether oxygens (including phenoxy) is 1. The van der Waals surface area contributed by atoms with Gasteiger partial charge in [0.05, 0.1) is 6.26 Å². The summed E-state index contributed by atoms with van der Waals surface area (Å²) < 4.78 is 24.2. The highest BCUT2D eigenvalue weighted by molar-refractivity contribution is 7.99. The van der Waals surface area contributed by atoms with E-state index in [1.54, 1.807) is 30.3 Å². The van der Waals surface area contributed by atoms with Gasteiger partial charge in [0.1, 0.15) is 29.6 Å². The molecule has 7 heteroatoms. The summed E-state index contributed by atoms with van der Waals surface area (Å²) in [5.74, 6) is -0.201. The minimum atomic E-state index is -0.714. The Kier molecular flexibility index (Phi) is 4.89. The Balaban J connectivity index is 1.70. The van der Waals surface area contributed by atoms with Gasteiger partial charge < -0.3 is 14.1 Å². The van der Waals surface area contributed by atoms with Crippen molar-refractivity contribution in [3.63, 3.8) is 0 Å². The van der Waals surface area contributed by atoms with E-state index in [2.05, 4.69) is 0 Å². The number of hydrogen-bond acceptors (Lipinski definition) is 5. The Morgan fingerprint density at radius 1 is 1.33 bits per heavy atom. The predicted octanol–water partition coefficient (Wildman–Crippen LogP) is 3.12. The molecule has 1 aromatic heterocycles. The maximum Gasteiger partial charge on any atom is 0.330 e. The Hall–Kier alpha value is -2.28. The van der Waals surface area contributed by atoms with E-state index < -0.39 is 17.8 Å². The van der Waals surface area contributed by atoms with Crippen molar-refractivity contribution in [2.24, 2.45) is 0 Å². The number of nitrogens with zero attached hydrogens (tertiary/aromatic N) is 1. The number of rotatable bonds is 4. The zero-order chi connectivity index (χ0) is 17.1. The molecule has 0 bridgehead atoms. The molecule has 126 valence electrons. The molecule has 0 aliphatic carbocycles. The second-order valence-corrected chi connectivity index (χ2v) is 6.46. The molecule has 0 unspecified atom stereocenters. The number of carbonyl (C=O) groups is 2. The van der Waals surface area contributed by atoms with Crippen molar-refractivity contribution < 1.29 is 23.1 Å². The van der Waals surface area contributed by atoms with Crippen LogP contribution in [0, 0.1) is 5.82 Å². The summed E-state index contributed by atoms with van der Waals surface area (Å²) in [6, 6.07) is 8.89. The quantitative estimate of drug-likeness (QED) is 0.794. The number of carbonyl (C=O) groups excluding carboxylic acids is 2. The first-order valence-electron chi connectivity index (χ1n) is 7.42. The van der Waals surface area contributed by atoms with Crippen molar-refractivity contribution in [3.8, 4) is 0 Å². The van der Waals surface area contributed by atoms with Crippen molar-refractivity contribution in [2.75, 3.05) is 5.75 Å². The summed E-state index contributed by atoms with van der Waals surface area (Å²) in [5, 5.41) is -0.358. The van der Waals surface area contributed by atoms with E-state index in [0.29, 0.717) is 17.1 Å². The van der Waals surface area contributed by atoms with E-state index in [1.165, 1.54) is 35.9 Å². The normalized spacial score (nSPS) is 20.2. The van der Waals surface area contributed by atoms with Gasteiger partial charge in [-0.15, -0.1) is 11.8 Å². The summed E-state index contributed by atoms with van der Waals surface area (Å²) in [6.07, 6.45) is 1.53. The summed E-state index contributed by atoms with van der Waals surface area (Å²) >= 11 is 1.43. The van der Waals surface area contributed by atoms with Crippen LogP contribution in [-0.2, 0) is 20.9 Å². The molecule has 2 heterocycles. The Morgan fingerprint density at radius 2 is 2.12 bits per heavy atom. The molecule has 24 heavy (non-hydrogen) atoms. The third-order valence-electron chi connectivity index (χ3n) is 3.75. The van der Waals surface area contributed by atoms with E-state index >= 15 is 0 Å². The van der Waals surface area contributed by atoms with Gasteiger partial charge in [0.15, 0.2) is 0 Å². The number of amides is 1. The van der Waals surface area contributed by atoms with Crippen LogP contribution in [0.5, 0.6) is 0 Å². The van der Waals surface area contributed by atoms with Crippen LogP contribution < -0.4 is 0 Å². The predicted molar refractivity (Wildman–Crippen MR) is 86.4 cm³/mol. The van der Waals surface area contributed by atoms with Gasteiger partial charge in [-0.1, -0.05) is 18.2 Å². The zero-order valence-electron chi connectivity index (χ0n) is 13.0. The molecule has 1 saturated heterocycles. The average molecular weight is 349 g/mol. The highest BCUT2D eigenvalue weighted by Crippen LogP contribution is 2.41. The van der Waals surface area contributed by atoms with Crippen LogP contribution in [0.3, 0.4) is 0 Å². The standard InChI is InChI=1S/C17H16FNO4S/c1-11(20)19-14(10-24-16(19)15-7-4-8-22-15)17(21)23-9-12-5-2-3-6-13(12)18/h2-8,14,16H,9-10H2,1H3/t14-,16-/m0/s1. The molecular formula is C17H16FNO4S. The Morgan fingerprint density at radius 3 is 2.79 bits per heavy atom. The summed E-state index contributed by atoms with van der Waals surface area (Å²) in [7, 11) is 0. The second-order valence-electron chi connectivity index (χ2n) is 5.34. The second kappa shape index (κ2) is 7.09. The number of halogens is 1. The lowest BCUT2D eigenvalue weighted by Crippen LogP contribution is -2.42. The van der Waals surface area contributed by atoms with Crippen LogP contribution in [0.1, 0.15) is 23.6 Å². The molecule has 0 saturated carbocycles. The van der Waals surface area contributed by atoms with E-state index in [0.717, 1.165) is 0 Å². The van der Waals surface area contributed by atoms with Gasteiger partial charge in [0, 0.05) is 18.2 Å². The summed E-state index contributed by atoms with van der Waals surface area (Å²) in [6.45, 7) is 1.24. The largest absolute Gasteiger partial charge is 0.466 e. The van der Waals surface area contributed by atoms with Crippen LogP contribution in [0.15, 0.2) is 47.1 Å². The molecule has 1 aliphatic heterocycles. The topological polar surface area (TPSA) is 59.8 Å². The minimum Gasteiger partial charge on any atom is -0.466 e. The fourth-order valence-corrected chi connectivity index (χ4v) is 4.00. The van der Waals surface area contributed by atoms with Gasteiger partial charge >= 0.3 is 5.97 Å². The fourth-order valence-electron chi connectivity index (χ4n) is 2.58. The van der Waals surface area contributed by atoms with Gasteiger partial charge in [-0.05, 0) is 18.2 Å². The number of esters is 1. The van der Waals surface area contributed by atoms with Crippen LogP contribution in [-0.4, -0.2) is 28.6 Å². The maximum absolute atomic E-state index is 13.6. The van der Waals surface area contributed by atoms with Gasteiger partial charge in [-0.2, -0.15) is 0 Å². The molecule has 5 nitrogen and oxygen atoms in total. The molecular weight excluding hydrogens is 333 g/mol. The van der Waals surface area contributed by atoms with Crippen molar-refractivity contribution in [3.05, 3.63) is 59.8 Å². The van der Waals surface area contributed by atoms with Crippen LogP contribution >= 0.6 is 11.8 Å². The molecule has 2 aromatic rings. The van der Waals surface area contributed by atoms with Crippen molar-refractivity contribution >= 4 is 23.6 Å². The highest BCUT2D eigenvalue weighted by atomic mass is 32.2. The van der Waals surface area contributed by atoms with Gasteiger partial charge in [-0.3, -0.25) is 4.79 Å². The van der Waals surface area contributed by atoms with Gasteiger partial charge in [-0.25, -0.2) is 9.18 Å². The molecule has 1 fully saturated rings. The van der Waals surface area contributed by atoms with Crippen LogP contribution in [0.2, 0.25) is 0 Å². The molecule has 3 rings (SSSR count). The van der Waals surface area contributed by atoms with E-state index in [4.69, 9.17) is 9.15 Å². The van der Waals surface area contributed by atoms with Gasteiger partial charge in [0.25, 0.3) is 0 Å². The average Bonchev–Trinajstić information content (AvgIpc) is 3.22. The van der Waals surface area contributed by atoms with Crippen molar-refractivity contribution in [2.45, 2.75) is 24.9 Å². The van der Waals surface area contributed by atoms with E-state index in [1.807, 2.05) is 0 Å². The molecule has 0 radical (unpaired) electrons. The lowest BCUT2D eigenvalue weighted by molar-refractivity contribution is -0.154. The van der Waals surface area contributed by atoms with Crippen LogP contribution in [0.25, 0.3) is 0 Å². The maximum atomic E-state index is 13.6. The molecule has 0 N–H and O–H groups in total. The third-order valence-corrected chi connectivity index (χ3v) is 5.03. The SMILES string of the molecule is CC(=O)N1[C@H](C(=O)OCc2ccccc2F)CS[C@H]1c1ccco1. The number of furan rings is 1. The molecule has 0 spiro atoms. The highest BCUT2D eigenvalue weighted by Gasteiger charge is 2.43. The number of benzene rings is 1. The molecule has 1 aliphatic rings. The molecule has 2 atom stereocenters. The van der Waals surface area contributed by atoms with Gasteiger partial charge in [0.2, 0.25) is 5.91 Å².